The molecule has 0 aliphatic rings. The molecule has 10 heteroatoms. The molecule has 0 spiro atoms. The number of fused-ring (bicyclic) bond motifs is 1. The summed E-state index contributed by atoms with van der Waals surface area (Å²) in [5, 5.41) is 11.1. The molecule has 0 unspecified atom stereocenters. The number of hydrogen-bond donors (Lipinski definition) is 0. The lowest BCUT2D eigenvalue weighted by molar-refractivity contribution is -0.385. The summed E-state index contributed by atoms with van der Waals surface area (Å²) in [6.45, 7) is 5.65. The van der Waals surface area contributed by atoms with Crippen molar-refractivity contribution in [3.05, 3.63) is 75.1 Å². The van der Waals surface area contributed by atoms with Crippen LogP contribution in [0.1, 0.15) is 15.9 Å². The molecule has 2 aromatic carbocycles. The van der Waals surface area contributed by atoms with Crippen LogP contribution in [0.3, 0.4) is 0 Å². The second kappa shape index (κ2) is 7.72. The normalized spacial score (nSPS) is 12.3. The zero-order chi connectivity index (χ0) is 21.3. The Labute approximate surface area is 170 Å². The average Bonchev–Trinajstić information content (AvgIpc) is 2.98. The van der Waals surface area contributed by atoms with Crippen molar-refractivity contribution in [1.82, 2.24) is 4.57 Å². The van der Waals surface area contributed by atoms with Crippen LogP contribution in [0.5, 0.6) is 0 Å². The molecule has 0 N–H and O–H groups in total. The van der Waals surface area contributed by atoms with Gasteiger partial charge in [-0.05, 0) is 31.2 Å². The molecule has 0 saturated heterocycles. The lowest BCUT2D eigenvalue weighted by Gasteiger charge is -2.02. The third-order valence-corrected chi connectivity index (χ3v) is 6.40. The number of nitro groups is 1. The molecule has 0 aliphatic carbocycles. The van der Waals surface area contributed by atoms with Gasteiger partial charge in [-0.15, -0.1) is 6.58 Å². The fraction of sp³-hybridized carbons (Fsp3) is 0.158. The van der Waals surface area contributed by atoms with Crippen molar-refractivity contribution in [2.24, 2.45) is 4.99 Å². The largest absolute Gasteiger partial charge is 0.312 e. The van der Waals surface area contributed by atoms with Crippen LogP contribution in [0.2, 0.25) is 0 Å². The van der Waals surface area contributed by atoms with E-state index in [1.807, 2.05) is 0 Å². The first kappa shape index (κ1) is 20.6. The van der Waals surface area contributed by atoms with Gasteiger partial charge in [-0.2, -0.15) is 4.99 Å². The van der Waals surface area contributed by atoms with Crippen LogP contribution >= 0.6 is 11.3 Å². The van der Waals surface area contributed by atoms with Crippen molar-refractivity contribution in [3.63, 3.8) is 0 Å². The molecule has 0 atom stereocenters. The molecule has 0 radical (unpaired) electrons. The molecular formula is C19H17N3O5S2. The van der Waals surface area contributed by atoms with Crippen molar-refractivity contribution >= 4 is 43.0 Å². The van der Waals surface area contributed by atoms with Gasteiger partial charge in [0, 0.05) is 30.0 Å². The smallest absolute Gasteiger partial charge is 0.279 e. The topological polar surface area (TPSA) is 112 Å². The number of aromatic nitrogens is 1. The third-order valence-electron chi connectivity index (χ3n) is 4.24. The molecule has 0 fully saturated rings. The van der Waals surface area contributed by atoms with Gasteiger partial charge in [0.1, 0.15) is 0 Å². The predicted octanol–water partition coefficient (Wildman–Crippen LogP) is 3.25. The van der Waals surface area contributed by atoms with Gasteiger partial charge in [0.25, 0.3) is 11.6 Å². The molecule has 29 heavy (non-hydrogen) atoms. The minimum absolute atomic E-state index is 0.0988. The number of thiazole rings is 1. The molecule has 3 rings (SSSR count). The summed E-state index contributed by atoms with van der Waals surface area (Å²) in [6, 6.07) is 8.89. The predicted molar refractivity (Wildman–Crippen MR) is 111 cm³/mol. The monoisotopic (exact) mass is 431 g/mol. The summed E-state index contributed by atoms with van der Waals surface area (Å²) < 4.78 is 26.0. The number of amides is 1. The fourth-order valence-electron chi connectivity index (χ4n) is 2.77. The SMILES string of the molecule is C=CCn1c(=NC(=O)c2ccc(C)c([N+](=O)[O-])c2)sc2cc(S(C)(=O)=O)ccc21. The first-order chi connectivity index (χ1) is 13.6. The molecule has 0 saturated carbocycles. The highest BCUT2D eigenvalue weighted by atomic mass is 32.2. The summed E-state index contributed by atoms with van der Waals surface area (Å²) >= 11 is 1.16. The Kier molecular flexibility index (Phi) is 5.49. The Morgan fingerprint density at radius 1 is 1.31 bits per heavy atom. The van der Waals surface area contributed by atoms with E-state index in [4.69, 9.17) is 0 Å². The van der Waals surface area contributed by atoms with Crippen molar-refractivity contribution in [1.29, 1.82) is 0 Å². The number of rotatable bonds is 5. The van der Waals surface area contributed by atoms with E-state index in [0.29, 0.717) is 27.1 Å². The van der Waals surface area contributed by atoms with E-state index in [1.54, 1.807) is 23.6 Å². The summed E-state index contributed by atoms with van der Waals surface area (Å²) in [6.07, 6.45) is 2.76. The third kappa shape index (κ3) is 4.17. The Morgan fingerprint density at radius 2 is 2.03 bits per heavy atom. The Balaban J connectivity index is 2.17. The standard InChI is InChI=1S/C19H17N3O5S2/c1-4-9-21-15-8-7-14(29(3,26)27)11-17(15)28-19(21)20-18(23)13-6-5-12(2)16(10-13)22(24)25/h4-8,10-11H,1,9H2,2-3H3. The summed E-state index contributed by atoms with van der Waals surface area (Å²) in [5.41, 5.74) is 1.10. The zero-order valence-corrected chi connectivity index (χ0v) is 17.3. The van der Waals surface area contributed by atoms with Crippen LogP contribution in [0.15, 0.2) is 58.9 Å². The first-order valence-corrected chi connectivity index (χ1v) is 11.1. The maximum atomic E-state index is 12.6. The van der Waals surface area contributed by atoms with Crippen molar-refractivity contribution in [2.75, 3.05) is 6.26 Å². The van der Waals surface area contributed by atoms with Crippen molar-refractivity contribution in [2.45, 2.75) is 18.4 Å². The fourth-order valence-corrected chi connectivity index (χ4v) is 4.56. The number of hydrogen-bond acceptors (Lipinski definition) is 6. The highest BCUT2D eigenvalue weighted by molar-refractivity contribution is 7.90. The number of allylic oxidation sites excluding steroid dienone is 1. The number of aryl methyl sites for hydroxylation is 1. The molecule has 8 nitrogen and oxygen atoms in total. The van der Waals surface area contributed by atoms with Crippen LogP contribution in [0, 0.1) is 17.0 Å². The summed E-state index contributed by atoms with van der Waals surface area (Å²) in [5.74, 6) is -0.624. The Hall–Kier alpha value is -3.11. The molecule has 3 aromatic rings. The maximum absolute atomic E-state index is 12.6. The summed E-state index contributed by atoms with van der Waals surface area (Å²) in [7, 11) is -3.38. The van der Waals surface area contributed by atoms with E-state index in [2.05, 4.69) is 11.6 Å². The van der Waals surface area contributed by atoms with Crippen LogP contribution in [0.25, 0.3) is 10.2 Å². The lowest BCUT2D eigenvalue weighted by Crippen LogP contribution is -2.16. The van der Waals surface area contributed by atoms with Gasteiger partial charge in [0.15, 0.2) is 14.6 Å². The minimum Gasteiger partial charge on any atom is -0.312 e. The van der Waals surface area contributed by atoms with Crippen molar-refractivity contribution in [3.8, 4) is 0 Å². The molecule has 1 heterocycles. The number of carbonyl (C=O) groups is 1. The quantitative estimate of drug-likeness (QED) is 0.350. The zero-order valence-electron chi connectivity index (χ0n) is 15.7. The van der Waals surface area contributed by atoms with Gasteiger partial charge in [-0.3, -0.25) is 14.9 Å². The van der Waals surface area contributed by atoms with Gasteiger partial charge < -0.3 is 4.57 Å². The summed E-state index contributed by atoms with van der Waals surface area (Å²) in [4.78, 5) is 27.9. The Bertz CT molecular complexity index is 1330. The van der Waals surface area contributed by atoms with Gasteiger partial charge in [0.05, 0.1) is 20.0 Å². The number of nitro benzene ring substituents is 1. The van der Waals surface area contributed by atoms with Crippen LogP contribution in [-0.2, 0) is 16.4 Å². The van der Waals surface area contributed by atoms with Gasteiger partial charge in [-0.25, -0.2) is 8.42 Å². The average molecular weight is 431 g/mol. The molecule has 0 aliphatic heterocycles. The number of carbonyl (C=O) groups excluding carboxylic acids is 1. The van der Waals surface area contributed by atoms with Crippen LogP contribution in [0.4, 0.5) is 5.69 Å². The molecule has 1 amide bonds. The van der Waals surface area contributed by atoms with Crippen molar-refractivity contribution < 1.29 is 18.1 Å². The van der Waals surface area contributed by atoms with Crippen LogP contribution in [-0.4, -0.2) is 30.1 Å². The number of benzene rings is 2. The number of nitrogens with zero attached hydrogens (tertiary/aromatic N) is 3. The van der Waals surface area contributed by atoms with E-state index in [9.17, 15) is 23.3 Å². The van der Waals surface area contributed by atoms with E-state index >= 15 is 0 Å². The van der Waals surface area contributed by atoms with Crippen LogP contribution < -0.4 is 4.80 Å². The molecule has 150 valence electrons. The first-order valence-electron chi connectivity index (χ1n) is 8.40. The highest BCUT2D eigenvalue weighted by Gasteiger charge is 2.16. The minimum atomic E-state index is -3.38. The van der Waals surface area contributed by atoms with E-state index in [-0.39, 0.29) is 16.1 Å². The Morgan fingerprint density at radius 3 is 2.66 bits per heavy atom. The number of sulfone groups is 1. The molecular weight excluding hydrogens is 414 g/mol. The maximum Gasteiger partial charge on any atom is 0.279 e. The highest BCUT2D eigenvalue weighted by Crippen LogP contribution is 2.23. The van der Waals surface area contributed by atoms with Gasteiger partial charge >= 0.3 is 0 Å². The van der Waals surface area contributed by atoms with E-state index in [0.717, 1.165) is 17.6 Å². The van der Waals surface area contributed by atoms with Gasteiger partial charge in [-0.1, -0.05) is 23.5 Å². The van der Waals surface area contributed by atoms with E-state index in [1.165, 1.54) is 30.3 Å². The molecule has 0 bridgehead atoms. The molecule has 1 aromatic heterocycles. The second-order valence-corrected chi connectivity index (χ2v) is 9.39. The van der Waals surface area contributed by atoms with Gasteiger partial charge in [0.2, 0.25) is 0 Å². The van der Waals surface area contributed by atoms with E-state index < -0.39 is 20.7 Å². The second-order valence-electron chi connectivity index (χ2n) is 6.36. The lowest BCUT2D eigenvalue weighted by atomic mass is 10.1.